The summed E-state index contributed by atoms with van der Waals surface area (Å²) in [5.74, 6) is 3.97. The van der Waals surface area contributed by atoms with Crippen molar-refractivity contribution in [1.29, 1.82) is 0 Å². The van der Waals surface area contributed by atoms with Crippen LogP contribution in [0.25, 0.3) is 0 Å². The van der Waals surface area contributed by atoms with Crippen LogP contribution in [-0.2, 0) is 9.47 Å². The molecular formula is C32H55FO2. The summed E-state index contributed by atoms with van der Waals surface area (Å²) in [6.45, 7) is 1.99. The van der Waals surface area contributed by atoms with E-state index in [4.69, 9.17) is 9.47 Å². The third-order valence-corrected chi connectivity index (χ3v) is 11.2. The summed E-state index contributed by atoms with van der Waals surface area (Å²) in [6.07, 6.45) is 27.4. The second kappa shape index (κ2) is 13.6. The van der Waals surface area contributed by atoms with E-state index in [1.807, 2.05) is 0 Å². The predicted molar refractivity (Wildman–Crippen MR) is 142 cm³/mol. The van der Waals surface area contributed by atoms with E-state index >= 15 is 4.39 Å². The van der Waals surface area contributed by atoms with E-state index < -0.39 is 6.17 Å². The lowest BCUT2D eigenvalue weighted by Crippen LogP contribution is -2.38. The van der Waals surface area contributed by atoms with Gasteiger partial charge in [0, 0.05) is 13.2 Å². The van der Waals surface area contributed by atoms with Crippen LogP contribution in [-0.4, -0.2) is 31.6 Å². The second-order valence-electron chi connectivity index (χ2n) is 13.5. The minimum atomic E-state index is -0.557. The van der Waals surface area contributed by atoms with Crippen LogP contribution in [0.4, 0.5) is 4.39 Å². The molecule has 3 atom stereocenters. The molecule has 0 saturated heterocycles. The first-order valence-corrected chi connectivity index (χ1v) is 16.1. The highest BCUT2D eigenvalue weighted by Gasteiger charge is 2.40. The fourth-order valence-electron chi connectivity index (χ4n) is 8.79. The SMILES string of the molecule is FC1CC(C2CCC(OCC3CCCCC3)CC2)CCC1C1CCC(OCC2CCCCC2)CC1. The molecule has 0 aromatic heterocycles. The topological polar surface area (TPSA) is 18.5 Å². The Labute approximate surface area is 215 Å². The molecule has 202 valence electrons. The molecule has 0 N–H and O–H groups in total. The van der Waals surface area contributed by atoms with Gasteiger partial charge in [-0.15, -0.1) is 0 Å². The van der Waals surface area contributed by atoms with Crippen LogP contribution >= 0.6 is 0 Å². The average molecular weight is 491 g/mol. The van der Waals surface area contributed by atoms with Crippen LogP contribution in [0.3, 0.4) is 0 Å². The first kappa shape index (κ1) is 26.5. The summed E-state index contributed by atoms with van der Waals surface area (Å²) < 4.78 is 28.2. The molecule has 5 aliphatic rings. The lowest BCUT2D eigenvalue weighted by atomic mass is 9.65. The maximum absolute atomic E-state index is 15.5. The molecule has 5 saturated carbocycles. The molecule has 2 nitrogen and oxygen atoms in total. The molecule has 0 bridgehead atoms. The summed E-state index contributed by atoms with van der Waals surface area (Å²) >= 11 is 0. The molecule has 3 heteroatoms. The van der Waals surface area contributed by atoms with Gasteiger partial charge in [0.15, 0.2) is 0 Å². The van der Waals surface area contributed by atoms with E-state index in [9.17, 15) is 0 Å². The highest BCUT2D eigenvalue weighted by Crippen LogP contribution is 2.46. The molecule has 0 heterocycles. The summed E-state index contributed by atoms with van der Waals surface area (Å²) in [5.41, 5.74) is 0. The molecule has 5 rings (SSSR count). The fraction of sp³-hybridized carbons (Fsp3) is 1.00. The van der Waals surface area contributed by atoms with Gasteiger partial charge in [-0.05, 0) is 132 Å². The molecular weight excluding hydrogens is 435 g/mol. The Morgan fingerprint density at radius 3 is 1.40 bits per heavy atom. The molecule has 5 fully saturated rings. The molecule has 0 radical (unpaired) electrons. The van der Waals surface area contributed by atoms with Crippen LogP contribution in [0.5, 0.6) is 0 Å². The summed E-state index contributed by atoms with van der Waals surface area (Å²) in [6, 6.07) is 0. The average Bonchev–Trinajstić information content (AvgIpc) is 2.92. The van der Waals surface area contributed by atoms with Crippen molar-refractivity contribution in [2.75, 3.05) is 13.2 Å². The zero-order valence-electron chi connectivity index (χ0n) is 22.7. The number of hydrogen-bond donors (Lipinski definition) is 0. The molecule has 35 heavy (non-hydrogen) atoms. The zero-order valence-corrected chi connectivity index (χ0v) is 22.7. The number of rotatable bonds is 8. The van der Waals surface area contributed by atoms with Gasteiger partial charge in [-0.25, -0.2) is 4.39 Å². The minimum Gasteiger partial charge on any atom is -0.378 e. The van der Waals surface area contributed by atoms with Crippen LogP contribution in [0.15, 0.2) is 0 Å². The van der Waals surface area contributed by atoms with Crippen molar-refractivity contribution in [1.82, 2.24) is 0 Å². The van der Waals surface area contributed by atoms with Gasteiger partial charge in [0.05, 0.1) is 12.2 Å². The standard InChI is InChI=1S/C32H55FO2/c33-32-21-28(26-11-16-29(17-12-26)34-22-24-7-3-1-4-8-24)15-20-31(32)27-13-18-30(19-14-27)35-23-25-9-5-2-6-10-25/h24-32H,1-23H2. The molecule has 0 aromatic carbocycles. The normalized spacial score (nSPS) is 40.5. The highest BCUT2D eigenvalue weighted by molar-refractivity contribution is 4.90. The maximum Gasteiger partial charge on any atom is 0.103 e. The van der Waals surface area contributed by atoms with Gasteiger partial charge < -0.3 is 9.47 Å². The minimum absolute atomic E-state index is 0.334. The van der Waals surface area contributed by atoms with Crippen LogP contribution in [0.1, 0.15) is 135 Å². The van der Waals surface area contributed by atoms with E-state index in [1.165, 1.54) is 122 Å². The van der Waals surface area contributed by atoms with Gasteiger partial charge in [-0.1, -0.05) is 38.5 Å². The van der Waals surface area contributed by atoms with Crippen LogP contribution in [0, 0.1) is 35.5 Å². The van der Waals surface area contributed by atoms with Gasteiger partial charge in [0.2, 0.25) is 0 Å². The van der Waals surface area contributed by atoms with Gasteiger partial charge >= 0.3 is 0 Å². The molecule has 0 aliphatic heterocycles. The number of hydrogen-bond acceptors (Lipinski definition) is 2. The zero-order chi connectivity index (χ0) is 23.9. The van der Waals surface area contributed by atoms with Crippen LogP contribution < -0.4 is 0 Å². The van der Waals surface area contributed by atoms with Gasteiger partial charge in [-0.2, -0.15) is 0 Å². The third kappa shape index (κ3) is 7.68. The van der Waals surface area contributed by atoms with E-state index in [0.29, 0.717) is 30.0 Å². The molecule has 0 spiro atoms. The Bertz CT molecular complexity index is 582. The number of alkyl halides is 1. The van der Waals surface area contributed by atoms with Crippen molar-refractivity contribution in [3.63, 3.8) is 0 Å². The van der Waals surface area contributed by atoms with Gasteiger partial charge in [0.1, 0.15) is 6.17 Å². The third-order valence-electron chi connectivity index (χ3n) is 11.2. The lowest BCUT2D eigenvalue weighted by molar-refractivity contribution is -0.0329. The van der Waals surface area contributed by atoms with E-state index in [2.05, 4.69) is 0 Å². The predicted octanol–water partition coefficient (Wildman–Crippen LogP) is 9.05. The maximum atomic E-state index is 15.5. The highest BCUT2D eigenvalue weighted by atomic mass is 19.1. The molecule has 0 aromatic rings. The van der Waals surface area contributed by atoms with Crippen molar-refractivity contribution < 1.29 is 13.9 Å². The monoisotopic (exact) mass is 490 g/mol. The molecule has 3 unspecified atom stereocenters. The van der Waals surface area contributed by atoms with Gasteiger partial charge in [-0.3, -0.25) is 0 Å². The van der Waals surface area contributed by atoms with Crippen LogP contribution in [0.2, 0.25) is 0 Å². The van der Waals surface area contributed by atoms with Crippen molar-refractivity contribution in [3.8, 4) is 0 Å². The Morgan fingerprint density at radius 2 is 0.914 bits per heavy atom. The first-order valence-electron chi connectivity index (χ1n) is 16.1. The Kier molecular flexibility index (Phi) is 10.3. The number of halogens is 1. The van der Waals surface area contributed by atoms with E-state index in [1.54, 1.807) is 0 Å². The van der Waals surface area contributed by atoms with Crippen molar-refractivity contribution >= 4 is 0 Å². The fourth-order valence-corrected chi connectivity index (χ4v) is 8.79. The van der Waals surface area contributed by atoms with Gasteiger partial charge in [0.25, 0.3) is 0 Å². The lowest BCUT2D eigenvalue weighted by Gasteiger charge is -2.43. The Balaban J connectivity index is 0.969. The first-order chi connectivity index (χ1) is 17.2. The Morgan fingerprint density at radius 1 is 0.457 bits per heavy atom. The van der Waals surface area contributed by atoms with Crippen molar-refractivity contribution in [2.24, 2.45) is 35.5 Å². The largest absolute Gasteiger partial charge is 0.378 e. The van der Waals surface area contributed by atoms with E-state index in [-0.39, 0.29) is 0 Å². The quantitative estimate of drug-likeness (QED) is 0.338. The van der Waals surface area contributed by atoms with Crippen molar-refractivity contribution in [2.45, 2.75) is 153 Å². The summed E-state index contributed by atoms with van der Waals surface area (Å²) in [7, 11) is 0. The molecule has 5 aliphatic carbocycles. The van der Waals surface area contributed by atoms with E-state index in [0.717, 1.165) is 43.8 Å². The smallest absolute Gasteiger partial charge is 0.103 e. The second-order valence-corrected chi connectivity index (χ2v) is 13.5. The summed E-state index contributed by atoms with van der Waals surface area (Å²) in [5, 5.41) is 0. The van der Waals surface area contributed by atoms with Crippen molar-refractivity contribution in [3.05, 3.63) is 0 Å². The molecule has 0 amide bonds. The Hall–Kier alpha value is -0.150. The summed E-state index contributed by atoms with van der Waals surface area (Å²) in [4.78, 5) is 0. The number of ether oxygens (including phenoxy) is 2.